The molecule has 0 bridgehead atoms. The van der Waals surface area contributed by atoms with Gasteiger partial charge in [0.25, 0.3) is 0 Å². The van der Waals surface area contributed by atoms with Crippen molar-refractivity contribution in [3.05, 3.63) is 60.8 Å². The Morgan fingerprint density at radius 1 is 1.00 bits per heavy atom. The maximum Gasteiger partial charge on any atom is 0.323 e. The van der Waals surface area contributed by atoms with Gasteiger partial charge in [0, 0.05) is 42.8 Å². The largest absolute Gasteiger partial charge is 0.492 e. The number of hydrogen-bond acceptors (Lipinski definition) is 7. The Bertz CT molecular complexity index is 1070. The van der Waals surface area contributed by atoms with Crippen LogP contribution in [0, 0.1) is 0 Å². The van der Waals surface area contributed by atoms with E-state index in [0.29, 0.717) is 37.0 Å². The summed E-state index contributed by atoms with van der Waals surface area (Å²) >= 11 is 0. The van der Waals surface area contributed by atoms with Crippen molar-refractivity contribution in [1.82, 2.24) is 14.9 Å². The number of nitrogens with zero attached hydrogens (tertiary/aromatic N) is 4. The molecule has 9 nitrogen and oxygen atoms in total. The molecular weight excluding hydrogens is 432 g/mol. The van der Waals surface area contributed by atoms with Crippen molar-refractivity contribution in [3.8, 4) is 17.1 Å². The molecule has 1 aliphatic rings. The molecule has 2 aromatic carbocycles. The lowest BCUT2D eigenvalue weighted by molar-refractivity contribution is 0.122. The highest BCUT2D eigenvalue weighted by atomic mass is 16.5. The van der Waals surface area contributed by atoms with Crippen molar-refractivity contribution in [2.75, 3.05) is 69.1 Å². The molecule has 1 fully saturated rings. The van der Waals surface area contributed by atoms with Gasteiger partial charge in [-0.3, -0.25) is 0 Å². The van der Waals surface area contributed by atoms with E-state index >= 15 is 0 Å². The third-order valence-electron chi connectivity index (χ3n) is 5.30. The molecule has 0 saturated carbocycles. The molecule has 9 heteroatoms. The fourth-order valence-electron chi connectivity index (χ4n) is 3.43. The molecule has 4 rings (SSSR count). The Hall–Kier alpha value is -3.69. The van der Waals surface area contributed by atoms with Gasteiger partial charge in [-0.1, -0.05) is 0 Å². The summed E-state index contributed by atoms with van der Waals surface area (Å²) in [5.74, 6) is 2.31. The molecular formula is C25H30N6O3. The van der Waals surface area contributed by atoms with Gasteiger partial charge in [0.05, 0.1) is 13.2 Å². The number of carbonyl (C=O) groups excluding carboxylic acids is 1. The first-order chi connectivity index (χ1) is 16.6. The quantitative estimate of drug-likeness (QED) is 0.529. The number of likely N-dealkylation sites (N-methyl/N-ethyl adjacent to an activating group) is 1. The van der Waals surface area contributed by atoms with E-state index in [1.165, 1.54) is 0 Å². The summed E-state index contributed by atoms with van der Waals surface area (Å²) in [5, 5.41) is 5.67. The van der Waals surface area contributed by atoms with Gasteiger partial charge in [0.2, 0.25) is 0 Å². The number of ether oxygens (including phenoxy) is 2. The Morgan fingerprint density at radius 3 is 2.29 bits per heavy atom. The van der Waals surface area contributed by atoms with E-state index in [9.17, 15) is 4.79 Å². The van der Waals surface area contributed by atoms with Crippen molar-refractivity contribution in [3.63, 3.8) is 0 Å². The molecule has 3 aromatic rings. The summed E-state index contributed by atoms with van der Waals surface area (Å²) < 4.78 is 11.1. The maximum atomic E-state index is 12.4. The minimum absolute atomic E-state index is 0.320. The average molecular weight is 463 g/mol. The SMILES string of the molecule is CN(C)CCOc1ccc(NC(=O)Nc2ccc(-c3nccc(N4CCOCC4)n3)cc2)cc1. The number of nitrogens with one attached hydrogen (secondary N) is 2. The molecule has 1 aromatic heterocycles. The minimum Gasteiger partial charge on any atom is -0.492 e. The van der Waals surface area contributed by atoms with Crippen LogP contribution in [-0.4, -0.2) is 74.4 Å². The Kier molecular flexibility index (Phi) is 7.90. The number of benzene rings is 2. The molecule has 0 spiro atoms. The minimum atomic E-state index is -0.320. The molecule has 1 aliphatic heterocycles. The van der Waals surface area contributed by atoms with Crippen LogP contribution in [0.1, 0.15) is 0 Å². The molecule has 0 unspecified atom stereocenters. The van der Waals surface area contributed by atoms with Crippen molar-refractivity contribution in [2.45, 2.75) is 0 Å². The van der Waals surface area contributed by atoms with E-state index < -0.39 is 0 Å². The molecule has 2 heterocycles. The molecule has 178 valence electrons. The van der Waals surface area contributed by atoms with Gasteiger partial charge in [0.15, 0.2) is 5.82 Å². The second kappa shape index (κ2) is 11.4. The Morgan fingerprint density at radius 2 is 1.65 bits per heavy atom. The molecule has 34 heavy (non-hydrogen) atoms. The number of amides is 2. The van der Waals surface area contributed by atoms with Crippen LogP contribution in [0.2, 0.25) is 0 Å². The third-order valence-corrected chi connectivity index (χ3v) is 5.30. The van der Waals surface area contributed by atoms with Gasteiger partial charge in [-0.15, -0.1) is 0 Å². The zero-order valence-electron chi connectivity index (χ0n) is 19.5. The summed E-state index contributed by atoms with van der Waals surface area (Å²) in [5.41, 5.74) is 2.24. The lowest BCUT2D eigenvalue weighted by Gasteiger charge is -2.27. The van der Waals surface area contributed by atoms with Gasteiger partial charge in [-0.25, -0.2) is 14.8 Å². The number of anilines is 3. The average Bonchev–Trinajstić information content (AvgIpc) is 2.86. The number of hydrogen-bond donors (Lipinski definition) is 2. The summed E-state index contributed by atoms with van der Waals surface area (Å²) in [4.78, 5) is 25.7. The smallest absolute Gasteiger partial charge is 0.323 e. The standard InChI is InChI=1S/C25H30N6O3/c1-30(2)13-18-34-22-9-7-21(8-10-22)28-25(32)27-20-5-3-19(4-6-20)24-26-12-11-23(29-24)31-14-16-33-17-15-31/h3-12H,13-18H2,1-2H3,(H2,27,28,32). The molecule has 1 saturated heterocycles. The van der Waals surface area contributed by atoms with Gasteiger partial charge in [0.1, 0.15) is 18.2 Å². The molecule has 2 N–H and O–H groups in total. The summed E-state index contributed by atoms with van der Waals surface area (Å²) in [6, 6.07) is 16.4. The fourth-order valence-corrected chi connectivity index (χ4v) is 3.43. The van der Waals surface area contributed by atoms with Crippen molar-refractivity contribution in [2.24, 2.45) is 0 Å². The van der Waals surface area contributed by atoms with Gasteiger partial charge < -0.3 is 29.9 Å². The highest BCUT2D eigenvalue weighted by molar-refractivity contribution is 5.99. The highest BCUT2D eigenvalue weighted by Gasteiger charge is 2.13. The van der Waals surface area contributed by atoms with E-state index in [1.54, 1.807) is 6.20 Å². The molecule has 0 atom stereocenters. The van der Waals surface area contributed by atoms with Gasteiger partial charge >= 0.3 is 6.03 Å². The second-order valence-electron chi connectivity index (χ2n) is 8.17. The van der Waals surface area contributed by atoms with Crippen LogP contribution in [0.4, 0.5) is 22.0 Å². The van der Waals surface area contributed by atoms with Crippen molar-refractivity contribution < 1.29 is 14.3 Å². The van der Waals surface area contributed by atoms with Crippen LogP contribution >= 0.6 is 0 Å². The van der Waals surface area contributed by atoms with Crippen LogP contribution in [-0.2, 0) is 4.74 Å². The second-order valence-corrected chi connectivity index (χ2v) is 8.17. The van der Waals surface area contributed by atoms with Gasteiger partial charge in [-0.05, 0) is 68.7 Å². The fraction of sp³-hybridized carbons (Fsp3) is 0.320. The lowest BCUT2D eigenvalue weighted by atomic mass is 10.2. The monoisotopic (exact) mass is 462 g/mol. The van der Waals surface area contributed by atoms with E-state index in [1.807, 2.05) is 68.7 Å². The maximum absolute atomic E-state index is 12.4. The normalized spacial score (nSPS) is 13.6. The van der Waals surface area contributed by atoms with Crippen LogP contribution in [0.5, 0.6) is 5.75 Å². The molecule has 0 aliphatic carbocycles. The van der Waals surface area contributed by atoms with Crippen molar-refractivity contribution in [1.29, 1.82) is 0 Å². The first kappa shape index (κ1) is 23.5. The van der Waals surface area contributed by atoms with Crippen LogP contribution in [0.25, 0.3) is 11.4 Å². The number of morpholine rings is 1. The highest BCUT2D eigenvalue weighted by Crippen LogP contribution is 2.21. The predicted molar refractivity (Wildman–Crippen MR) is 134 cm³/mol. The molecule has 0 radical (unpaired) electrons. The summed E-state index contributed by atoms with van der Waals surface area (Å²) in [6.45, 7) is 4.50. The van der Waals surface area contributed by atoms with Crippen LogP contribution in [0.3, 0.4) is 0 Å². The Balaban J connectivity index is 1.31. The van der Waals surface area contributed by atoms with E-state index in [0.717, 1.165) is 36.8 Å². The van der Waals surface area contributed by atoms with Crippen LogP contribution < -0.4 is 20.3 Å². The lowest BCUT2D eigenvalue weighted by Crippen LogP contribution is -2.36. The third kappa shape index (κ3) is 6.66. The zero-order valence-corrected chi connectivity index (χ0v) is 19.5. The number of rotatable bonds is 8. The predicted octanol–water partition coefficient (Wildman–Crippen LogP) is 3.56. The zero-order chi connectivity index (χ0) is 23.8. The van der Waals surface area contributed by atoms with E-state index in [4.69, 9.17) is 14.5 Å². The van der Waals surface area contributed by atoms with E-state index in [2.05, 4.69) is 25.4 Å². The van der Waals surface area contributed by atoms with Crippen LogP contribution in [0.15, 0.2) is 60.8 Å². The summed E-state index contributed by atoms with van der Waals surface area (Å²) in [7, 11) is 4.00. The first-order valence-corrected chi connectivity index (χ1v) is 11.3. The number of urea groups is 1. The number of aromatic nitrogens is 2. The summed E-state index contributed by atoms with van der Waals surface area (Å²) in [6.07, 6.45) is 1.77. The molecule has 2 amide bonds. The topological polar surface area (TPSA) is 91.9 Å². The van der Waals surface area contributed by atoms with E-state index in [-0.39, 0.29) is 6.03 Å². The van der Waals surface area contributed by atoms with Gasteiger partial charge in [-0.2, -0.15) is 0 Å². The Labute approximate surface area is 199 Å². The van der Waals surface area contributed by atoms with Crippen molar-refractivity contribution >= 4 is 23.2 Å². The number of carbonyl (C=O) groups is 1. The first-order valence-electron chi connectivity index (χ1n) is 11.3.